The fraction of sp³-hybridized carbons (Fsp3) is 0.0769. The molecule has 0 aromatic carbocycles. The van der Waals surface area contributed by atoms with Crippen molar-refractivity contribution in [1.82, 2.24) is 20.1 Å². The number of rotatable bonds is 3. The first-order valence-corrected chi connectivity index (χ1v) is 5.65. The molecule has 3 aromatic heterocycles. The van der Waals surface area contributed by atoms with Crippen LogP contribution in [0.5, 0.6) is 0 Å². The van der Waals surface area contributed by atoms with Crippen LogP contribution < -0.4 is 0 Å². The zero-order valence-corrected chi connectivity index (χ0v) is 9.87. The van der Waals surface area contributed by atoms with Gasteiger partial charge in [0.1, 0.15) is 11.8 Å². The first kappa shape index (κ1) is 11.2. The van der Waals surface area contributed by atoms with Crippen LogP contribution in [0.1, 0.15) is 17.0 Å². The van der Waals surface area contributed by atoms with Crippen molar-refractivity contribution in [2.75, 3.05) is 0 Å². The molecule has 1 N–H and O–H groups in total. The molecular weight excluding hydrogens is 242 g/mol. The highest BCUT2D eigenvalue weighted by Gasteiger charge is 2.11. The Balaban J connectivity index is 1.82. The van der Waals surface area contributed by atoms with Gasteiger partial charge in [-0.1, -0.05) is 11.2 Å². The lowest BCUT2D eigenvalue weighted by Crippen LogP contribution is -1.91. The van der Waals surface area contributed by atoms with Gasteiger partial charge >= 0.3 is 0 Å². The minimum Gasteiger partial charge on any atom is -0.356 e. The molecule has 0 bridgehead atoms. The predicted octanol–water partition coefficient (Wildman–Crippen LogP) is 1.92. The molecule has 0 saturated carbocycles. The van der Waals surface area contributed by atoms with Crippen molar-refractivity contribution in [2.45, 2.75) is 6.42 Å². The molecule has 0 spiro atoms. The average molecular weight is 251 g/mol. The summed E-state index contributed by atoms with van der Waals surface area (Å²) in [7, 11) is 0. The number of aromatic nitrogens is 4. The number of pyridine rings is 1. The molecule has 0 fully saturated rings. The molecule has 0 unspecified atom stereocenters. The molecule has 3 rings (SSSR count). The average Bonchev–Trinajstić information content (AvgIpc) is 3.08. The van der Waals surface area contributed by atoms with Gasteiger partial charge in [-0.2, -0.15) is 10.2 Å². The van der Waals surface area contributed by atoms with Gasteiger partial charge in [0.05, 0.1) is 5.56 Å². The molecule has 19 heavy (non-hydrogen) atoms. The van der Waals surface area contributed by atoms with Crippen molar-refractivity contribution in [3.8, 4) is 17.7 Å². The summed E-state index contributed by atoms with van der Waals surface area (Å²) >= 11 is 0. The van der Waals surface area contributed by atoms with E-state index >= 15 is 0 Å². The first-order chi connectivity index (χ1) is 9.35. The molecule has 3 aromatic rings. The summed E-state index contributed by atoms with van der Waals surface area (Å²) in [5.41, 5.74) is 2.18. The van der Waals surface area contributed by atoms with E-state index in [9.17, 15) is 0 Å². The summed E-state index contributed by atoms with van der Waals surface area (Å²) in [5, 5.41) is 12.7. The van der Waals surface area contributed by atoms with Crippen molar-refractivity contribution < 1.29 is 4.52 Å². The molecule has 92 valence electrons. The van der Waals surface area contributed by atoms with E-state index in [-0.39, 0.29) is 0 Å². The van der Waals surface area contributed by atoms with E-state index in [2.05, 4.69) is 20.1 Å². The second-order valence-corrected chi connectivity index (χ2v) is 3.97. The summed E-state index contributed by atoms with van der Waals surface area (Å²) < 4.78 is 5.16. The van der Waals surface area contributed by atoms with Crippen LogP contribution in [-0.2, 0) is 6.42 Å². The Hall–Kier alpha value is -2.94. The van der Waals surface area contributed by atoms with E-state index in [1.165, 1.54) is 0 Å². The third-order valence-corrected chi connectivity index (χ3v) is 2.60. The van der Waals surface area contributed by atoms with Crippen molar-refractivity contribution >= 4 is 0 Å². The van der Waals surface area contributed by atoms with E-state index in [1.807, 2.05) is 18.2 Å². The maximum atomic E-state index is 8.75. The third-order valence-electron chi connectivity index (χ3n) is 2.60. The molecule has 6 heteroatoms. The number of H-pyrrole nitrogens is 1. The molecule has 0 radical (unpaired) electrons. The summed E-state index contributed by atoms with van der Waals surface area (Å²) in [6.07, 6.45) is 5.63. The second-order valence-electron chi connectivity index (χ2n) is 3.97. The Morgan fingerprint density at radius 2 is 2.37 bits per heavy atom. The monoisotopic (exact) mass is 251 g/mol. The van der Waals surface area contributed by atoms with E-state index in [4.69, 9.17) is 9.78 Å². The molecule has 0 aliphatic heterocycles. The Morgan fingerprint density at radius 3 is 3.11 bits per heavy atom. The Labute approximate surface area is 108 Å². The molecule has 0 aliphatic carbocycles. The van der Waals surface area contributed by atoms with Crippen LogP contribution in [-0.4, -0.2) is 20.1 Å². The third kappa shape index (κ3) is 2.35. The normalized spacial score (nSPS) is 10.3. The van der Waals surface area contributed by atoms with Crippen LogP contribution in [0.3, 0.4) is 0 Å². The fourth-order valence-corrected chi connectivity index (χ4v) is 1.70. The van der Waals surface area contributed by atoms with Crippen molar-refractivity contribution in [2.24, 2.45) is 0 Å². The summed E-state index contributed by atoms with van der Waals surface area (Å²) in [6.45, 7) is 0. The van der Waals surface area contributed by atoms with Crippen molar-refractivity contribution in [1.29, 1.82) is 5.26 Å². The maximum absolute atomic E-state index is 8.75. The molecule has 0 atom stereocenters. The number of nitrogens with one attached hydrogen (secondary N) is 1. The second kappa shape index (κ2) is 4.74. The van der Waals surface area contributed by atoms with Gasteiger partial charge in [0, 0.05) is 25.0 Å². The topological polar surface area (TPSA) is 91.4 Å². The standard InChI is InChI=1S/C13H9N5O/c14-6-10-4-11(16-8-10)13-17-12(18-19-13)5-9-2-1-3-15-7-9/h1-4,7-8,16H,5H2. The SMILES string of the molecule is N#Cc1c[nH]c(-c2nc(Cc3cccnc3)no2)c1. The van der Waals surface area contributed by atoms with Gasteiger partial charge in [-0.05, 0) is 17.7 Å². The summed E-state index contributed by atoms with van der Waals surface area (Å²) in [4.78, 5) is 11.2. The van der Waals surface area contributed by atoms with Crippen LogP contribution in [0.25, 0.3) is 11.6 Å². The van der Waals surface area contributed by atoms with Gasteiger partial charge in [-0.25, -0.2) is 0 Å². The lowest BCUT2D eigenvalue weighted by molar-refractivity contribution is 0.423. The van der Waals surface area contributed by atoms with E-state index in [0.29, 0.717) is 29.4 Å². The molecule has 0 aliphatic rings. The minimum absolute atomic E-state index is 0.375. The smallest absolute Gasteiger partial charge is 0.274 e. The molecular formula is C13H9N5O. The largest absolute Gasteiger partial charge is 0.356 e. The molecule has 3 heterocycles. The quantitative estimate of drug-likeness (QED) is 0.767. The maximum Gasteiger partial charge on any atom is 0.274 e. The van der Waals surface area contributed by atoms with Crippen LogP contribution in [0.4, 0.5) is 0 Å². The minimum atomic E-state index is 0.375. The lowest BCUT2D eigenvalue weighted by atomic mass is 10.2. The number of nitriles is 1. The molecule has 0 saturated heterocycles. The summed E-state index contributed by atoms with van der Waals surface area (Å²) in [5.74, 6) is 0.955. The number of aromatic amines is 1. The van der Waals surface area contributed by atoms with Crippen molar-refractivity contribution in [3.63, 3.8) is 0 Å². The van der Waals surface area contributed by atoms with Gasteiger partial charge in [0.2, 0.25) is 0 Å². The van der Waals surface area contributed by atoms with Gasteiger partial charge in [0.25, 0.3) is 5.89 Å². The Bertz CT molecular complexity index is 723. The molecule has 0 amide bonds. The van der Waals surface area contributed by atoms with Crippen LogP contribution >= 0.6 is 0 Å². The fourth-order valence-electron chi connectivity index (χ4n) is 1.70. The van der Waals surface area contributed by atoms with Crippen LogP contribution in [0, 0.1) is 11.3 Å². The molecule has 6 nitrogen and oxygen atoms in total. The Kier molecular flexibility index (Phi) is 2.79. The predicted molar refractivity (Wildman–Crippen MR) is 65.8 cm³/mol. The van der Waals surface area contributed by atoms with Crippen LogP contribution in [0.2, 0.25) is 0 Å². The Morgan fingerprint density at radius 1 is 1.42 bits per heavy atom. The zero-order valence-electron chi connectivity index (χ0n) is 9.87. The van der Waals surface area contributed by atoms with Crippen LogP contribution in [0.15, 0.2) is 41.3 Å². The van der Waals surface area contributed by atoms with E-state index < -0.39 is 0 Å². The number of nitrogens with zero attached hydrogens (tertiary/aromatic N) is 4. The van der Waals surface area contributed by atoms with Gasteiger partial charge < -0.3 is 9.51 Å². The highest BCUT2D eigenvalue weighted by molar-refractivity contribution is 5.51. The lowest BCUT2D eigenvalue weighted by Gasteiger charge is -1.93. The van der Waals surface area contributed by atoms with E-state index in [1.54, 1.807) is 24.7 Å². The highest BCUT2D eigenvalue weighted by Crippen LogP contribution is 2.17. The number of hydrogen-bond donors (Lipinski definition) is 1. The van der Waals surface area contributed by atoms with E-state index in [0.717, 1.165) is 5.56 Å². The van der Waals surface area contributed by atoms with Gasteiger partial charge in [0.15, 0.2) is 5.82 Å². The first-order valence-electron chi connectivity index (χ1n) is 5.65. The van der Waals surface area contributed by atoms with Crippen molar-refractivity contribution in [3.05, 3.63) is 53.7 Å². The van der Waals surface area contributed by atoms with Gasteiger partial charge in [-0.15, -0.1) is 0 Å². The summed E-state index contributed by atoms with van der Waals surface area (Å²) in [6, 6.07) is 7.51. The number of hydrogen-bond acceptors (Lipinski definition) is 5. The zero-order chi connectivity index (χ0) is 13.1. The highest BCUT2D eigenvalue weighted by atomic mass is 16.5. The van der Waals surface area contributed by atoms with Gasteiger partial charge in [-0.3, -0.25) is 4.98 Å².